The third-order valence-electron chi connectivity index (χ3n) is 3.13. The molecule has 3 rings (SSSR count). The second-order valence-corrected chi connectivity index (χ2v) is 5.06. The second-order valence-electron chi connectivity index (χ2n) is 5.06. The summed E-state index contributed by atoms with van der Waals surface area (Å²) < 4.78 is 55.9. The average molecular weight is 344 g/mol. The number of nitrogens with zero attached hydrogens (tertiary/aromatic N) is 1. The molecule has 2 heterocycles. The molecule has 0 bridgehead atoms. The molecule has 0 spiro atoms. The number of aryl methyl sites for hydroxylation is 1. The van der Waals surface area contributed by atoms with Crippen molar-refractivity contribution in [2.45, 2.75) is 25.7 Å². The molecule has 1 atom stereocenters. The quantitative estimate of drug-likeness (QED) is 0.797. The number of halogens is 4. The van der Waals surface area contributed by atoms with E-state index in [0.717, 1.165) is 35.7 Å². The third kappa shape index (κ3) is 5.09. The van der Waals surface area contributed by atoms with Crippen LogP contribution in [0.25, 0.3) is 0 Å². The topological polar surface area (TPSA) is 57.4 Å². The van der Waals surface area contributed by atoms with E-state index in [1.807, 2.05) is 19.1 Å². The molecule has 0 fully saturated rings. The maximum absolute atomic E-state index is 12.5. The lowest BCUT2D eigenvalue weighted by Gasteiger charge is -2.21. The summed E-state index contributed by atoms with van der Waals surface area (Å²) >= 11 is 0. The smallest absolute Gasteiger partial charge is 0.492 e. The van der Waals surface area contributed by atoms with Crippen LogP contribution < -0.4 is 15.2 Å². The van der Waals surface area contributed by atoms with Crippen LogP contribution in [0, 0.1) is 12.7 Å². The van der Waals surface area contributed by atoms with Gasteiger partial charge in [-0.15, -0.1) is 13.2 Å². The van der Waals surface area contributed by atoms with Crippen LogP contribution in [0.5, 0.6) is 11.5 Å². The largest absolute Gasteiger partial charge is 0.573 e. The highest BCUT2D eigenvalue weighted by Gasteiger charge is 2.32. The molecule has 0 amide bonds. The maximum atomic E-state index is 12.5. The summed E-state index contributed by atoms with van der Waals surface area (Å²) in [6.07, 6.45) is -3.98. The van der Waals surface area contributed by atoms with E-state index in [0.29, 0.717) is 6.61 Å². The summed E-state index contributed by atoms with van der Waals surface area (Å²) in [5.41, 5.74) is 7.77. The standard InChI is InChI=1S/C9H12N2O.C7H4F4O/c1-6-2-3-8-9(11-6)7(10)4-5-12-8;8-5-3-1-2-4-6(5)12-7(9,10)11/h2-3,7H,4-5,10H2,1H3;1-4H/t7-;/m1./s1. The minimum atomic E-state index is -4.85. The van der Waals surface area contributed by atoms with Crippen molar-refractivity contribution in [2.75, 3.05) is 6.61 Å². The summed E-state index contributed by atoms with van der Waals surface area (Å²) in [7, 11) is 0. The molecule has 2 aromatic rings. The van der Waals surface area contributed by atoms with Crippen LogP contribution in [0.15, 0.2) is 36.4 Å². The van der Waals surface area contributed by atoms with Crippen molar-refractivity contribution in [3.05, 3.63) is 53.6 Å². The van der Waals surface area contributed by atoms with Crippen molar-refractivity contribution in [1.29, 1.82) is 0 Å². The fraction of sp³-hybridized carbons (Fsp3) is 0.312. The number of hydrogen-bond donors (Lipinski definition) is 1. The first kappa shape index (κ1) is 18.0. The fourth-order valence-corrected chi connectivity index (χ4v) is 2.04. The van der Waals surface area contributed by atoms with Gasteiger partial charge in [0, 0.05) is 12.1 Å². The van der Waals surface area contributed by atoms with Crippen molar-refractivity contribution in [3.8, 4) is 11.5 Å². The van der Waals surface area contributed by atoms with Gasteiger partial charge in [0.1, 0.15) is 5.75 Å². The van der Waals surface area contributed by atoms with Crippen LogP contribution in [0.2, 0.25) is 0 Å². The summed E-state index contributed by atoms with van der Waals surface area (Å²) in [5.74, 6) is -1.00. The molecule has 4 nitrogen and oxygen atoms in total. The Morgan fingerprint density at radius 1 is 1.21 bits per heavy atom. The number of pyridine rings is 1. The van der Waals surface area contributed by atoms with Gasteiger partial charge in [-0.2, -0.15) is 0 Å². The van der Waals surface area contributed by atoms with Gasteiger partial charge in [-0.3, -0.25) is 4.98 Å². The number of aromatic nitrogens is 1. The average Bonchev–Trinajstić information content (AvgIpc) is 2.50. The SMILES string of the molecule is Cc1ccc2c(n1)[C@H](N)CCO2.Fc1ccccc1OC(F)(F)F. The van der Waals surface area contributed by atoms with Crippen LogP contribution in [0.4, 0.5) is 17.6 Å². The molecule has 1 aromatic heterocycles. The van der Waals surface area contributed by atoms with Crippen molar-refractivity contribution in [1.82, 2.24) is 4.98 Å². The Kier molecular flexibility index (Phi) is 5.61. The first-order valence-electron chi connectivity index (χ1n) is 7.12. The van der Waals surface area contributed by atoms with Crippen molar-refractivity contribution >= 4 is 0 Å². The lowest BCUT2D eigenvalue weighted by Crippen LogP contribution is -2.22. The van der Waals surface area contributed by atoms with E-state index in [9.17, 15) is 17.6 Å². The van der Waals surface area contributed by atoms with E-state index in [2.05, 4.69) is 9.72 Å². The molecular weight excluding hydrogens is 328 g/mol. The van der Waals surface area contributed by atoms with Gasteiger partial charge in [-0.1, -0.05) is 12.1 Å². The lowest BCUT2D eigenvalue weighted by atomic mass is 10.1. The first-order valence-corrected chi connectivity index (χ1v) is 7.12. The molecule has 8 heteroatoms. The third-order valence-corrected chi connectivity index (χ3v) is 3.13. The zero-order valence-electron chi connectivity index (χ0n) is 12.8. The van der Waals surface area contributed by atoms with Gasteiger partial charge in [0.15, 0.2) is 11.6 Å². The molecule has 1 aliphatic heterocycles. The molecule has 0 radical (unpaired) electrons. The van der Waals surface area contributed by atoms with E-state index in [1.54, 1.807) is 0 Å². The fourth-order valence-electron chi connectivity index (χ4n) is 2.04. The van der Waals surface area contributed by atoms with Crippen molar-refractivity contribution in [2.24, 2.45) is 5.73 Å². The van der Waals surface area contributed by atoms with Crippen LogP contribution in [-0.4, -0.2) is 18.0 Å². The van der Waals surface area contributed by atoms with Crippen LogP contribution in [0.3, 0.4) is 0 Å². The molecule has 24 heavy (non-hydrogen) atoms. The lowest BCUT2D eigenvalue weighted by molar-refractivity contribution is -0.275. The van der Waals surface area contributed by atoms with Gasteiger partial charge >= 0.3 is 6.36 Å². The molecule has 1 aliphatic rings. The Balaban J connectivity index is 0.000000174. The number of rotatable bonds is 1. The molecule has 130 valence electrons. The highest BCUT2D eigenvalue weighted by Crippen LogP contribution is 2.28. The number of benzene rings is 1. The Labute approximate surface area is 136 Å². The monoisotopic (exact) mass is 344 g/mol. The number of nitrogens with two attached hydrogens (primary N) is 1. The normalized spacial score (nSPS) is 16.3. The zero-order valence-corrected chi connectivity index (χ0v) is 12.8. The van der Waals surface area contributed by atoms with E-state index in [4.69, 9.17) is 10.5 Å². The van der Waals surface area contributed by atoms with Gasteiger partial charge in [0.2, 0.25) is 0 Å². The Hall–Kier alpha value is -2.35. The predicted molar refractivity (Wildman–Crippen MR) is 79.1 cm³/mol. The van der Waals surface area contributed by atoms with E-state index < -0.39 is 17.9 Å². The van der Waals surface area contributed by atoms with E-state index in [-0.39, 0.29) is 6.04 Å². The highest BCUT2D eigenvalue weighted by molar-refractivity contribution is 5.32. The van der Waals surface area contributed by atoms with Crippen LogP contribution in [0.1, 0.15) is 23.9 Å². The molecule has 1 aromatic carbocycles. The van der Waals surface area contributed by atoms with Gasteiger partial charge in [0.25, 0.3) is 0 Å². The first-order chi connectivity index (χ1) is 11.3. The van der Waals surface area contributed by atoms with Crippen molar-refractivity contribution < 1.29 is 27.0 Å². The summed E-state index contributed by atoms with van der Waals surface area (Å²) in [6, 6.07) is 8.26. The van der Waals surface area contributed by atoms with Gasteiger partial charge in [-0.05, 0) is 31.2 Å². The summed E-state index contributed by atoms with van der Waals surface area (Å²) in [6.45, 7) is 2.67. The molecule has 0 saturated carbocycles. The Morgan fingerprint density at radius 3 is 2.58 bits per heavy atom. The van der Waals surface area contributed by atoms with Gasteiger partial charge in [0.05, 0.1) is 18.3 Å². The minimum Gasteiger partial charge on any atom is -0.492 e. The predicted octanol–water partition coefficient (Wildman–Crippen LogP) is 3.90. The number of ether oxygens (including phenoxy) is 2. The molecule has 0 unspecified atom stereocenters. The summed E-state index contributed by atoms with van der Waals surface area (Å²) in [5, 5.41) is 0. The van der Waals surface area contributed by atoms with Crippen LogP contribution >= 0.6 is 0 Å². The van der Waals surface area contributed by atoms with Crippen molar-refractivity contribution in [3.63, 3.8) is 0 Å². The van der Waals surface area contributed by atoms with E-state index >= 15 is 0 Å². The van der Waals surface area contributed by atoms with Crippen LogP contribution in [-0.2, 0) is 0 Å². The molecule has 0 saturated heterocycles. The molecule has 2 N–H and O–H groups in total. The zero-order chi connectivity index (χ0) is 17.7. The number of alkyl halides is 3. The maximum Gasteiger partial charge on any atom is 0.573 e. The summed E-state index contributed by atoms with van der Waals surface area (Å²) in [4.78, 5) is 4.34. The Morgan fingerprint density at radius 2 is 1.92 bits per heavy atom. The highest BCUT2D eigenvalue weighted by atomic mass is 19.4. The Bertz CT molecular complexity index is 692. The van der Waals surface area contributed by atoms with Gasteiger partial charge < -0.3 is 15.2 Å². The second kappa shape index (κ2) is 7.48. The van der Waals surface area contributed by atoms with E-state index in [1.165, 1.54) is 12.1 Å². The minimum absolute atomic E-state index is 0.0497. The number of fused-ring (bicyclic) bond motifs is 1. The number of hydrogen-bond acceptors (Lipinski definition) is 4. The molecule has 0 aliphatic carbocycles. The molecular formula is C16H16F4N2O2. The number of para-hydroxylation sites is 1. The van der Waals surface area contributed by atoms with Gasteiger partial charge in [-0.25, -0.2) is 4.39 Å².